The van der Waals surface area contributed by atoms with Gasteiger partial charge in [-0.25, -0.2) is 0 Å². The van der Waals surface area contributed by atoms with Crippen molar-refractivity contribution in [3.8, 4) is 5.75 Å². The molecule has 1 atom stereocenters. The van der Waals surface area contributed by atoms with Gasteiger partial charge in [0.1, 0.15) is 5.75 Å². The second-order valence-corrected chi connectivity index (χ2v) is 5.27. The van der Waals surface area contributed by atoms with Crippen molar-refractivity contribution in [1.29, 1.82) is 0 Å². The second-order valence-electron chi connectivity index (χ2n) is 4.86. The molecule has 1 aliphatic rings. The van der Waals surface area contributed by atoms with Crippen LogP contribution in [0, 0.1) is 0 Å². The highest BCUT2D eigenvalue weighted by Gasteiger charge is 2.23. The summed E-state index contributed by atoms with van der Waals surface area (Å²) >= 11 is 6.24. The van der Waals surface area contributed by atoms with E-state index in [1.807, 2.05) is 6.07 Å². The van der Waals surface area contributed by atoms with Gasteiger partial charge in [-0.05, 0) is 42.0 Å². The van der Waals surface area contributed by atoms with Crippen LogP contribution in [0.2, 0.25) is 5.02 Å². The smallest absolute Gasteiger partial charge is 0.140 e. The van der Waals surface area contributed by atoms with Crippen LogP contribution in [0.1, 0.15) is 48.8 Å². The zero-order valence-electron chi connectivity index (χ0n) is 10.7. The first-order valence-corrected chi connectivity index (χ1v) is 6.80. The lowest BCUT2D eigenvalue weighted by atomic mass is 9.93. The molecule has 3 N–H and O–H groups in total. The van der Waals surface area contributed by atoms with E-state index in [1.165, 1.54) is 12.8 Å². The quantitative estimate of drug-likeness (QED) is 0.883. The summed E-state index contributed by atoms with van der Waals surface area (Å²) < 4.78 is 5.41. The molecule has 1 aromatic carbocycles. The summed E-state index contributed by atoms with van der Waals surface area (Å²) in [6.07, 6.45) is 4.15. The summed E-state index contributed by atoms with van der Waals surface area (Å²) in [7, 11) is 1.64. The minimum absolute atomic E-state index is 0.201. The number of ether oxygens (including phenoxy) is 1. The first-order valence-electron chi connectivity index (χ1n) is 6.42. The van der Waals surface area contributed by atoms with E-state index in [0.29, 0.717) is 10.9 Å². The van der Waals surface area contributed by atoms with Crippen molar-refractivity contribution >= 4 is 11.6 Å². The van der Waals surface area contributed by atoms with Crippen LogP contribution in [0.15, 0.2) is 12.1 Å². The molecule has 4 heteroatoms. The monoisotopic (exact) mass is 269 g/mol. The van der Waals surface area contributed by atoms with Gasteiger partial charge in [-0.1, -0.05) is 24.4 Å². The molecule has 1 unspecified atom stereocenters. The summed E-state index contributed by atoms with van der Waals surface area (Å²) in [4.78, 5) is 0. The van der Waals surface area contributed by atoms with Crippen LogP contribution in [0.25, 0.3) is 0 Å². The van der Waals surface area contributed by atoms with E-state index in [0.717, 1.165) is 29.7 Å². The molecule has 0 aliphatic heterocycles. The van der Waals surface area contributed by atoms with Crippen LogP contribution in [0.4, 0.5) is 0 Å². The normalized spacial score (nSPS) is 18.0. The Morgan fingerprint density at radius 3 is 2.67 bits per heavy atom. The molecular weight excluding hydrogens is 250 g/mol. The van der Waals surface area contributed by atoms with Crippen molar-refractivity contribution < 1.29 is 9.84 Å². The highest BCUT2D eigenvalue weighted by atomic mass is 35.5. The lowest BCUT2D eigenvalue weighted by Gasteiger charge is -2.19. The molecule has 0 spiro atoms. The molecular formula is C14H20ClNO2. The Labute approximate surface area is 113 Å². The van der Waals surface area contributed by atoms with E-state index in [-0.39, 0.29) is 6.54 Å². The summed E-state index contributed by atoms with van der Waals surface area (Å²) in [5, 5.41) is 10.4. The van der Waals surface area contributed by atoms with E-state index in [2.05, 4.69) is 0 Å². The number of rotatable bonds is 4. The van der Waals surface area contributed by atoms with E-state index in [9.17, 15) is 5.11 Å². The van der Waals surface area contributed by atoms with Gasteiger partial charge in [0.25, 0.3) is 0 Å². The molecule has 1 fully saturated rings. The van der Waals surface area contributed by atoms with Crippen molar-refractivity contribution in [3.63, 3.8) is 0 Å². The van der Waals surface area contributed by atoms with Crippen LogP contribution >= 0.6 is 11.6 Å². The molecule has 1 saturated carbocycles. The van der Waals surface area contributed by atoms with Crippen LogP contribution in [0.3, 0.4) is 0 Å². The maximum Gasteiger partial charge on any atom is 0.140 e. The minimum Gasteiger partial charge on any atom is -0.495 e. The van der Waals surface area contributed by atoms with Gasteiger partial charge in [0.2, 0.25) is 0 Å². The third kappa shape index (κ3) is 2.63. The van der Waals surface area contributed by atoms with Crippen molar-refractivity contribution in [2.45, 2.75) is 37.7 Å². The molecule has 1 aromatic rings. The first kappa shape index (κ1) is 13.7. The Bertz CT molecular complexity index is 417. The highest BCUT2D eigenvalue weighted by Crippen LogP contribution is 2.43. The molecule has 100 valence electrons. The zero-order chi connectivity index (χ0) is 13.1. The third-order valence-electron chi connectivity index (χ3n) is 3.70. The van der Waals surface area contributed by atoms with Crippen LogP contribution in [-0.4, -0.2) is 18.8 Å². The fourth-order valence-electron chi connectivity index (χ4n) is 2.72. The topological polar surface area (TPSA) is 55.5 Å². The maximum atomic E-state index is 9.86. The molecule has 0 saturated heterocycles. The van der Waals surface area contributed by atoms with Gasteiger partial charge in [0.05, 0.1) is 18.2 Å². The number of aliphatic hydroxyl groups is 1. The van der Waals surface area contributed by atoms with Crippen LogP contribution in [-0.2, 0) is 0 Å². The van der Waals surface area contributed by atoms with Gasteiger partial charge < -0.3 is 15.6 Å². The fraction of sp³-hybridized carbons (Fsp3) is 0.571. The predicted octanol–water partition coefficient (Wildman–Crippen LogP) is 3.00. The molecule has 18 heavy (non-hydrogen) atoms. The Morgan fingerprint density at radius 2 is 2.11 bits per heavy atom. The number of nitrogens with two attached hydrogens (primary N) is 1. The van der Waals surface area contributed by atoms with Gasteiger partial charge in [0.15, 0.2) is 0 Å². The highest BCUT2D eigenvalue weighted by molar-refractivity contribution is 6.32. The number of hydrogen-bond donors (Lipinski definition) is 2. The third-order valence-corrected chi connectivity index (χ3v) is 3.98. The summed E-state index contributed by atoms with van der Waals surface area (Å²) in [6.45, 7) is 0.201. The molecule has 3 nitrogen and oxygen atoms in total. The van der Waals surface area contributed by atoms with Crippen molar-refractivity contribution in [2.75, 3.05) is 13.7 Å². The van der Waals surface area contributed by atoms with Crippen LogP contribution in [0.5, 0.6) is 5.75 Å². The maximum absolute atomic E-state index is 9.86. The van der Waals surface area contributed by atoms with Gasteiger partial charge >= 0.3 is 0 Å². The predicted molar refractivity (Wildman–Crippen MR) is 73.2 cm³/mol. The average Bonchev–Trinajstić information content (AvgIpc) is 2.90. The molecule has 0 bridgehead atoms. The Hall–Kier alpha value is -0.770. The lowest BCUT2D eigenvalue weighted by Crippen LogP contribution is -2.12. The van der Waals surface area contributed by atoms with Gasteiger partial charge in [-0.3, -0.25) is 0 Å². The number of benzene rings is 1. The molecule has 0 amide bonds. The van der Waals surface area contributed by atoms with Crippen molar-refractivity contribution in [3.05, 3.63) is 28.3 Å². The van der Waals surface area contributed by atoms with Crippen LogP contribution < -0.4 is 10.5 Å². The number of methoxy groups -OCH3 is 1. The molecule has 0 radical (unpaired) electrons. The van der Waals surface area contributed by atoms with E-state index < -0.39 is 6.10 Å². The van der Waals surface area contributed by atoms with Gasteiger partial charge in [-0.2, -0.15) is 0 Å². The zero-order valence-corrected chi connectivity index (χ0v) is 11.4. The molecule has 1 aliphatic carbocycles. The largest absolute Gasteiger partial charge is 0.495 e. The molecule has 0 heterocycles. The minimum atomic E-state index is -0.659. The Balaban J connectivity index is 2.43. The molecule has 2 rings (SSSR count). The SMILES string of the molecule is COc1c(Cl)cc(C(O)CN)cc1C1CCCC1. The van der Waals surface area contributed by atoms with E-state index in [1.54, 1.807) is 13.2 Å². The van der Waals surface area contributed by atoms with Crippen molar-refractivity contribution in [2.24, 2.45) is 5.73 Å². The van der Waals surface area contributed by atoms with E-state index in [4.69, 9.17) is 22.1 Å². The average molecular weight is 270 g/mol. The summed E-state index contributed by atoms with van der Waals surface area (Å²) in [6, 6.07) is 3.74. The lowest BCUT2D eigenvalue weighted by molar-refractivity contribution is 0.186. The Kier molecular flexibility index (Phi) is 4.49. The number of halogens is 1. The molecule has 0 aromatic heterocycles. The second kappa shape index (κ2) is 5.91. The fourth-order valence-corrected chi connectivity index (χ4v) is 3.03. The summed E-state index contributed by atoms with van der Waals surface area (Å²) in [5.74, 6) is 1.24. The van der Waals surface area contributed by atoms with Gasteiger partial charge in [-0.15, -0.1) is 0 Å². The van der Waals surface area contributed by atoms with E-state index >= 15 is 0 Å². The standard InChI is InChI=1S/C14H20ClNO2/c1-18-14-11(9-4-2-3-5-9)6-10(7-12(14)15)13(17)8-16/h6-7,9,13,17H,2-5,8,16H2,1H3. The Morgan fingerprint density at radius 1 is 1.44 bits per heavy atom. The number of hydrogen-bond acceptors (Lipinski definition) is 3. The van der Waals surface area contributed by atoms with Crippen molar-refractivity contribution in [1.82, 2.24) is 0 Å². The summed E-state index contributed by atoms with van der Waals surface area (Å²) in [5.41, 5.74) is 7.40. The van der Waals surface area contributed by atoms with Gasteiger partial charge in [0, 0.05) is 6.54 Å². The number of aliphatic hydroxyl groups excluding tert-OH is 1. The first-order chi connectivity index (χ1) is 8.67.